The third kappa shape index (κ3) is 1.64. The molecule has 0 N–H and O–H groups in total. The van der Waals surface area contributed by atoms with Gasteiger partial charge in [-0.15, -0.1) is 0 Å². The fourth-order valence-electron chi connectivity index (χ4n) is 2.19. The number of hydrogen-bond donors (Lipinski definition) is 0. The van der Waals surface area contributed by atoms with Crippen molar-refractivity contribution in [2.75, 3.05) is 0 Å². The Hall–Kier alpha value is -2.03. The van der Waals surface area contributed by atoms with E-state index in [1.807, 2.05) is 12.1 Å². The van der Waals surface area contributed by atoms with Gasteiger partial charge in [0, 0.05) is 12.6 Å². The molecule has 3 aromatic rings. The summed E-state index contributed by atoms with van der Waals surface area (Å²) in [5.74, 6) is 1.02. The van der Waals surface area contributed by atoms with Gasteiger partial charge in [0.2, 0.25) is 0 Å². The van der Waals surface area contributed by atoms with Crippen LogP contribution in [0.5, 0.6) is 0 Å². The highest BCUT2D eigenvalue weighted by Gasteiger charge is 2.08. The van der Waals surface area contributed by atoms with Crippen molar-refractivity contribution >= 4 is 24.3 Å². The van der Waals surface area contributed by atoms with Crippen LogP contribution >= 0.6 is 0 Å². The Morgan fingerprint density at radius 3 is 2.65 bits per heavy atom. The largest absolute Gasteiger partial charge is 0.327 e. The molecular formula is C14H13BN2. The van der Waals surface area contributed by atoms with E-state index in [-0.39, 0.29) is 0 Å². The maximum atomic E-state index is 4.69. The van der Waals surface area contributed by atoms with Crippen molar-refractivity contribution in [1.29, 1.82) is 0 Å². The number of aryl methyl sites for hydroxylation is 1. The van der Waals surface area contributed by atoms with Crippen LogP contribution in [-0.4, -0.2) is 17.4 Å². The molecule has 0 saturated carbocycles. The van der Waals surface area contributed by atoms with Crippen LogP contribution in [-0.2, 0) is 7.05 Å². The zero-order valence-corrected chi connectivity index (χ0v) is 10.0. The topological polar surface area (TPSA) is 17.8 Å². The van der Waals surface area contributed by atoms with Gasteiger partial charge in [-0.2, -0.15) is 0 Å². The molecular weight excluding hydrogens is 207 g/mol. The number of fused-ring (bicyclic) bond motifs is 1. The van der Waals surface area contributed by atoms with Crippen molar-refractivity contribution in [2.45, 2.75) is 0 Å². The van der Waals surface area contributed by atoms with E-state index in [4.69, 9.17) is 0 Å². The van der Waals surface area contributed by atoms with Crippen molar-refractivity contribution in [3.63, 3.8) is 0 Å². The Morgan fingerprint density at radius 2 is 1.88 bits per heavy atom. The van der Waals surface area contributed by atoms with Crippen LogP contribution in [0.15, 0.2) is 48.5 Å². The van der Waals surface area contributed by atoms with Gasteiger partial charge in [0.25, 0.3) is 0 Å². The summed E-state index contributed by atoms with van der Waals surface area (Å²) < 4.78 is 2.14. The summed E-state index contributed by atoms with van der Waals surface area (Å²) in [4.78, 5) is 4.69. The highest BCUT2D eigenvalue weighted by molar-refractivity contribution is 6.32. The van der Waals surface area contributed by atoms with E-state index in [2.05, 4.69) is 60.8 Å². The monoisotopic (exact) mass is 220 g/mol. The third-order valence-electron chi connectivity index (χ3n) is 3.06. The molecule has 0 spiro atoms. The van der Waals surface area contributed by atoms with Crippen LogP contribution < -0.4 is 5.46 Å². The molecule has 2 aromatic carbocycles. The fourth-order valence-corrected chi connectivity index (χ4v) is 2.19. The van der Waals surface area contributed by atoms with E-state index in [0.717, 1.165) is 11.3 Å². The van der Waals surface area contributed by atoms with Crippen molar-refractivity contribution < 1.29 is 0 Å². The lowest BCUT2D eigenvalue weighted by atomic mass is 9.94. The van der Waals surface area contributed by atoms with Crippen molar-refractivity contribution in [3.8, 4) is 11.4 Å². The number of benzene rings is 2. The van der Waals surface area contributed by atoms with Gasteiger partial charge >= 0.3 is 0 Å². The van der Waals surface area contributed by atoms with Gasteiger partial charge < -0.3 is 4.57 Å². The van der Waals surface area contributed by atoms with E-state index in [0.29, 0.717) is 0 Å². The molecule has 3 rings (SSSR count). The third-order valence-corrected chi connectivity index (χ3v) is 3.06. The van der Waals surface area contributed by atoms with Gasteiger partial charge in [0.05, 0.1) is 11.0 Å². The summed E-state index contributed by atoms with van der Waals surface area (Å²) in [6.45, 7) is 0. The number of aromatic nitrogens is 2. The molecule has 1 heterocycles. The molecule has 0 radical (unpaired) electrons. The molecule has 0 aliphatic carbocycles. The Balaban J connectivity index is 2.27. The van der Waals surface area contributed by atoms with Crippen molar-refractivity contribution in [3.05, 3.63) is 48.5 Å². The Kier molecular flexibility index (Phi) is 2.25. The Labute approximate surface area is 101 Å². The summed E-state index contributed by atoms with van der Waals surface area (Å²) in [7, 11) is 4.17. The number of nitrogens with zero attached hydrogens (tertiary/aromatic N) is 2. The minimum atomic E-state index is 1.02. The van der Waals surface area contributed by atoms with Crippen LogP contribution in [0.1, 0.15) is 0 Å². The summed E-state index contributed by atoms with van der Waals surface area (Å²) in [5.41, 5.74) is 4.65. The predicted molar refractivity (Wildman–Crippen MR) is 74.3 cm³/mol. The lowest BCUT2D eigenvalue weighted by molar-refractivity contribution is 0.959. The van der Waals surface area contributed by atoms with Crippen molar-refractivity contribution in [2.24, 2.45) is 7.05 Å². The van der Waals surface area contributed by atoms with Gasteiger partial charge in [-0.1, -0.05) is 41.9 Å². The van der Waals surface area contributed by atoms with Gasteiger partial charge in [0.1, 0.15) is 13.7 Å². The molecule has 1 aromatic heterocycles. The first-order valence-electron chi connectivity index (χ1n) is 5.74. The van der Waals surface area contributed by atoms with Crippen LogP contribution in [0.2, 0.25) is 0 Å². The number of hydrogen-bond acceptors (Lipinski definition) is 1. The Bertz CT molecular complexity index is 686. The molecule has 0 fully saturated rings. The molecule has 82 valence electrons. The zero-order chi connectivity index (χ0) is 11.8. The quantitative estimate of drug-likeness (QED) is 0.568. The lowest BCUT2D eigenvalue weighted by Gasteiger charge is -2.03. The smallest absolute Gasteiger partial charge is 0.140 e. The normalized spacial score (nSPS) is 10.9. The molecule has 0 atom stereocenters. The second-order valence-corrected chi connectivity index (χ2v) is 4.35. The first-order chi connectivity index (χ1) is 8.25. The minimum absolute atomic E-state index is 1.02. The van der Waals surface area contributed by atoms with E-state index in [1.165, 1.54) is 16.5 Å². The molecule has 0 aliphatic heterocycles. The molecule has 0 saturated heterocycles. The second kappa shape index (κ2) is 3.77. The van der Waals surface area contributed by atoms with Crippen LogP contribution in [0.4, 0.5) is 0 Å². The maximum Gasteiger partial charge on any atom is 0.140 e. The SMILES string of the molecule is Bc1cccc(-c2nc3ccccc3n2C)c1. The average Bonchev–Trinajstić information content (AvgIpc) is 2.68. The first-order valence-corrected chi connectivity index (χ1v) is 5.74. The zero-order valence-electron chi connectivity index (χ0n) is 10.0. The van der Waals surface area contributed by atoms with Crippen LogP contribution in [0.3, 0.4) is 0 Å². The van der Waals surface area contributed by atoms with Gasteiger partial charge in [0.15, 0.2) is 0 Å². The molecule has 0 amide bonds. The molecule has 0 aliphatic rings. The van der Waals surface area contributed by atoms with Crippen LogP contribution in [0.25, 0.3) is 22.4 Å². The van der Waals surface area contributed by atoms with Crippen molar-refractivity contribution in [1.82, 2.24) is 9.55 Å². The summed E-state index contributed by atoms with van der Waals surface area (Å²) >= 11 is 0. The molecule has 17 heavy (non-hydrogen) atoms. The second-order valence-electron chi connectivity index (χ2n) is 4.35. The fraction of sp³-hybridized carbons (Fsp3) is 0.0714. The molecule has 2 nitrogen and oxygen atoms in total. The number of para-hydroxylation sites is 2. The molecule has 3 heteroatoms. The average molecular weight is 220 g/mol. The predicted octanol–water partition coefficient (Wildman–Crippen LogP) is 1.50. The summed E-state index contributed by atoms with van der Waals surface area (Å²) in [5, 5.41) is 0. The highest BCUT2D eigenvalue weighted by Crippen LogP contribution is 2.22. The number of rotatable bonds is 1. The molecule has 0 unspecified atom stereocenters. The standard InChI is InChI=1S/C14H13BN2/c1-17-13-8-3-2-7-12(13)16-14(17)10-5-4-6-11(15)9-10/h2-9H,15H2,1H3. The summed E-state index contributed by atoms with van der Waals surface area (Å²) in [6.07, 6.45) is 0. The minimum Gasteiger partial charge on any atom is -0.327 e. The highest BCUT2D eigenvalue weighted by atomic mass is 15.1. The van der Waals surface area contributed by atoms with E-state index in [9.17, 15) is 0 Å². The van der Waals surface area contributed by atoms with Crippen LogP contribution in [0, 0.1) is 0 Å². The first kappa shape index (κ1) is 10.1. The van der Waals surface area contributed by atoms with E-state index in [1.54, 1.807) is 0 Å². The van der Waals surface area contributed by atoms with E-state index < -0.39 is 0 Å². The summed E-state index contributed by atoms with van der Waals surface area (Å²) in [6, 6.07) is 16.7. The van der Waals surface area contributed by atoms with Gasteiger partial charge in [-0.3, -0.25) is 0 Å². The lowest BCUT2D eigenvalue weighted by Crippen LogP contribution is -2.02. The van der Waals surface area contributed by atoms with E-state index >= 15 is 0 Å². The molecule has 0 bridgehead atoms. The van der Waals surface area contributed by atoms with Gasteiger partial charge in [-0.25, -0.2) is 4.98 Å². The number of imidazole rings is 1. The Morgan fingerprint density at radius 1 is 1.06 bits per heavy atom. The van der Waals surface area contributed by atoms with Gasteiger partial charge in [-0.05, 0) is 12.1 Å². The maximum absolute atomic E-state index is 4.69.